The minimum Gasteiger partial charge on any atom is -0.475 e. The molecule has 0 atom stereocenters. The Hall–Kier alpha value is -1.76. The van der Waals surface area contributed by atoms with Gasteiger partial charge in [-0.25, -0.2) is 9.78 Å². The van der Waals surface area contributed by atoms with Gasteiger partial charge in [-0.2, -0.15) is 9.50 Å². The minimum absolute atomic E-state index is 0.223. The molecule has 0 bridgehead atoms. The second kappa shape index (κ2) is 3.13. The largest absolute Gasteiger partial charge is 0.475 e. The molecule has 0 saturated carbocycles. The number of carboxylic acid groups (broad SMARTS) is 1. The number of nitrogens with zero attached hydrogens (tertiary/aromatic N) is 4. The highest BCUT2D eigenvalue weighted by molar-refractivity contribution is 7.80. The Morgan fingerprint density at radius 3 is 2.67 bits per heavy atom. The smallest absolute Gasteiger partial charge is 0.375 e. The molecule has 7 heteroatoms. The van der Waals surface area contributed by atoms with Crippen LogP contribution in [0.3, 0.4) is 0 Å². The Morgan fingerprint density at radius 1 is 1.40 bits per heavy atom. The van der Waals surface area contributed by atoms with E-state index in [1.165, 1.54) is 4.52 Å². The lowest BCUT2D eigenvalue weighted by atomic mass is 10.3. The average molecular weight is 223 g/mol. The van der Waals surface area contributed by atoms with Crippen molar-refractivity contribution in [3.05, 3.63) is 17.1 Å². The zero-order valence-electron chi connectivity index (χ0n) is 8.05. The van der Waals surface area contributed by atoms with Crippen LogP contribution in [0.25, 0.3) is 5.78 Å². The van der Waals surface area contributed by atoms with Crippen LogP contribution in [0, 0.1) is 13.8 Å². The maximum atomic E-state index is 10.7. The first-order chi connectivity index (χ1) is 7.00. The van der Waals surface area contributed by atoms with Crippen LogP contribution in [-0.4, -0.2) is 30.7 Å². The number of aromatic carboxylic acids is 1. The summed E-state index contributed by atoms with van der Waals surface area (Å²) in [5.41, 5.74) is 1.54. The van der Waals surface area contributed by atoms with Crippen molar-refractivity contribution < 1.29 is 9.90 Å². The van der Waals surface area contributed by atoms with Gasteiger partial charge in [0.2, 0.25) is 0 Å². The zero-order chi connectivity index (χ0) is 11.2. The summed E-state index contributed by atoms with van der Waals surface area (Å²) in [6, 6.07) is 0. The summed E-state index contributed by atoms with van der Waals surface area (Å²) in [5, 5.41) is 12.9. The molecule has 0 unspecified atom stereocenters. The molecule has 77 valence electrons. The molecule has 0 amide bonds. The molecular formula is C8H7N4O2S. The molecule has 2 heterocycles. The Labute approximate surface area is 90.4 Å². The van der Waals surface area contributed by atoms with E-state index in [1.807, 2.05) is 6.92 Å². The molecular weight excluding hydrogens is 216 g/mol. The number of carboxylic acids is 1. The van der Waals surface area contributed by atoms with Crippen LogP contribution in [0.1, 0.15) is 21.9 Å². The van der Waals surface area contributed by atoms with E-state index in [-0.39, 0.29) is 11.6 Å². The van der Waals surface area contributed by atoms with E-state index in [9.17, 15) is 4.79 Å². The van der Waals surface area contributed by atoms with E-state index >= 15 is 0 Å². The summed E-state index contributed by atoms with van der Waals surface area (Å²) in [6.07, 6.45) is 0. The number of hydrogen-bond donors (Lipinski definition) is 1. The van der Waals surface area contributed by atoms with Gasteiger partial charge in [0.05, 0.1) is 0 Å². The van der Waals surface area contributed by atoms with Crippen molar-refractivity contribution in [3.8, 4) is 0 Å². The Kier molecular flexibility index (Phi) is 2.04. The van der Waals surface area contributed by atoms with Gasteiger partial charge in [0, 0.05) is 11.3 Å². The molecule has 2 aromatic rings. The van der Waals surface area contributed by atoms with Crippen molar-refractivity contribution in [1.82, 2.24) is 19.6 Å². The third kappa shape index (κ3) is 1.40. The quantitative estimate of drug-likeness (QED) is 0.729. The van der Waals surface area contributed by atoms with E-state index < -0.39 is 5.97 Å². The monoisotopic (exact) mass is 223 g/mol. The number of aryl methyl sites for hydroxylation is 1. The second-order valence-electron chi connectivity index (χ2n) is 3.08. The van der Waals surface area contributed by atoms with Crippen LogP contribution < -0.4 is 0 Å². The summed E-state index contributed by atoms with van der Waals surface area (Å²) in [6.45, 7) is 3.60. The Balaban J connectivity index is 2.82. The molecule has 0 fully saturated rings. The van der Waals surface area contributed by atoms with Gasteiger partial charge in [0.1, 0.15) is 5.03 Å². The molecule has 2 rings (SSSR count). The molecule has 6 nitrogen and oxygen atoms in total. The lowest BCUT2D eigenvalue weighted by molar-refractivity contribution is 0.0683. The van der Waals surface area contributed by atoms with Crippen molar-refractivity contribution in [3.63, 3.8) is 0 Å². The van der Waals surface area contributed by atoms with E-state index in [2.05, 4.69) is 15.1 Å². The van der Waals surface area contributed by atoms with E-state index in [0.717, 1.165) is 11.3 Å². The topological polar surface area (TPSA) is 80.4 Å². The highest BCUT2D eigenvalue weighted by Gasteiger charge is 2.15. The third-order valence-electron chi connectivity index (χ3n) is 2.10. The van der Waals surface area contributed by atoms with E-state index in [1.54, 1.807) is 6.92 Å². The van der Waals surface area contributed by atoms with Crippen LogP contribution >= 0.6 is 12.6 Å². The minimum atomic E-state index is -1.19. The van der Waals surface area contributed by atoms with Crippen LogP contribution in [0.15, 0.2) is 5.03 Å². The molecule has 0 saturated heterocycles. The molecule has 0 aromatic carbocycles. The first-order valence-corrected chi connectivity index (χ1v) is 4.56. The predicted molar refractivity (Wildman–Crippen MR) is 53.1 cm³/mol. The van der Waals surface area contributed by atoms with Gasteiger partial charge in [-0.15, -0.1) is 5.10 Å². The SMILES string of the molecule is Cc1nc2nc(C(=O)O)nn2c([S])c1C. The van der Waals surface area contributed by atoms with Gasteiger partial charge in [0.25, 0.3) is 11.6 Å². The molecule has 0 aliphatic heterocycles. The van der Waals surface area contributed by atoms with Gasteiger partial charge in [-0.1, -0.05) is 12.6 Å². The van der Waals surface area contributed by atoms with Crippen LogP contribution in [0.4, 0.5) is 0 Å². The van der Waals surface area contributed by atoms with Crippen molar-refractivity contribution in [2.75, 3.05) is 0 Å². The fourth-order valence-corrected chi connectivity index (χ4v) is 1.42. The van der Waals surface area contributed by atoms with Crippen molar-refractivity contribution in [1.29, 1.82) is 0 Å². The van der Waals surface area contributed by atoms with Crippen LogP contribution in [0.5, 0.6) is 0 Å². The van der Waals surface area contributed by atoms with E-state index in [4.69, 9.17) is 17.7 Å². The molecule has 2 aromatic heterocycles. The molecule has 1 radical (unpaired) electrons. The maximum Gasteiger partial charge on any atom is 0.375 e. The van der Waals surface area contributed by atoms with Gasteiger partial charge in [0.15, 0.2) is 0 Å². The normalized spacial score (nSPS) is 10.8. The fraction of sp³-hybridized carbons (Fsp3) is 0.250. The first kappa shape index (κ1) is 9.78. The maximum absolute atomic E-state index is 10.7. The summed E-state index contributed by atoms with van der Waals surface area (Å²) in [4.78, 5) is 18.5. The first-order valence-electron chi connectivity index (χ1n) is 4.15. The number of carbonyl (C=O) groups is 1. The average Bonchev–Trinajstić information content (AvgIpc) is 2.58. The van der Waals surface area contributed by atoms with Gasteiger partial charge < -0.3 is 5.11 Å². The second-order valence-corrected chi connectivity index (χ2v) is 3.47. The fourth-order valence-electron chi connectivity index (χ4n) is 1.15. The van der Waals surface area contributed by atoms with Crippen molar-refractivity contribution in [2.45, 2.75) is 18.9 Å². The highest BCUT2D eigenvalue weighted by atomic mass is 32.1. The number of rotatable bonds is 1. The summed E-state index contributed by atoms with van der Waals surface area (Å²) in [7, 11) is 0. The molecule has 1 N–H and O–H groups in total. The number of hydrogen-bond acceptors (Lipinski definition) is 4. The molecule has 0 aliphatic rings. The molecule has 0 spiro atoms. The van der Waals surface area contributed by atoms with Gasteiger partial charge in [-0.05, 0) is 13.8 Å². The number of fused-ring (bicyclic) bond motifs is 1. The van der Waals surface area contributed by atoms with Gasteiger partial charge >= 0.3 is 5.97 Å². The summed E-state index contributed by atoms with van der Waals surface area (Å²) < 4.78 is 1.26. The van der Waals surface area contributed by atoms with Crippen molar-refractivity contribution >= 4 is 24.4 Å². The number of aromatic nitrogens is 4. The standard InChI is InChI=1S/C8H7N4O2S/c1-3-4(2)9-8-10-5(7(13)14)11-12(8)6(3)15/h1-2H3,(H,13,14). The summed E-state index contributed by atoms with van der Waals surface area (Å²) in [5.74, 6) is -1.26. The summed E-state index contributed by atoms with van der Waals surface area (Å²) >= 11 is 5.11. The zero-order valence-corrected chi connectivity index (χ0v) is 8.87. The lowest BCUT2D eigenvalue weighted by Crippen LogP contribution is -2.01. The Bertz CT molecular complexity index is 563. The molecule has 15 heavy (non-hydrogen) atoms. The van der Waals surface area contributed by atoms with Crippen molar-refractivity contribution in [2.24, 2.45) is 0 Å². The van der Waals surface area contributed by atoms with Gasteiger partial charge in [-0.3, -0.25) is 0 Å². The predicted octanol–water partition coefficient (Wildman–Crippen LogP) is 0.996. The van der Waals surface area contributed by atoms with Crippen LogP contribution in [-0.2, 0) is 0 Å². The lowest BCUT2D eigenvalue weighted by Gasteiger charge is -2.02. The Morgan fingerprint density at radius 2 is 2.07 bits per heavy atom. The van der Waals surface area contributed by atoms with E-state index in [0.29, 0.717) is 5.03 Å². The highest BCUT2D eigenvalue weighted by Crippen LogP contribution is 2.16. The third-order valence-corrected chi connectivity index (χ3v) is 2.58. The van der Waals surface area contributed by atoms with Crippen LogP contribution in [0.2, 0.25) is 0 Å². The molecule has 0 aliphatic carbocycles.